The standard InChI is InChI=1S/C19H24N4O3/c1-13-12-16(21-26-13)20-18(24)15-10-7-11-23(15)19(25)17(22(2)3)14-8-5-4-6-9-14/h4-6,8-9,12,15,17H,7,10-11H2,1-3H3,(H,20,21,24). The maximum atomic E-state index is 13.2. The van der Waals surface area contributed by atoms with Crippen molar-refractivity contribution in [3.8, 4) is 0 Å². The first-order valence-corrected chi connectivity index (χ1v) is 8.73. The molecule has 1 aromatic carbocycles. The van der Waals surface area contributed by atoms with Crippen molar-refractivity contribution in [3.63, 3.8) is 0 Å². The van der Waals surface area contributed by atoms with E-state index < -0.39 is 12.1 Å². The number of likely N-dealkylation sites (tertiary alicyclic amines) is 1. The van der Waals surface area contributed by atoms with E-state index in [1.54, 1.807) is 17.9 Å². The van der Waals surface area contributed by atoms with Crippen LogP contribution < -0.4 is 5.32 Å². The van der Waals surface area contributed by atoms with Gasteiger partial charge in [-0.05, 0) is 39.4 Å². The highest BCUT2D eigenvalue weighted by Crippen LogP contribution is 2.27. The third-order valence-corrected chi connectivity index (χ3v) is 4.58. The van der Waals surface area contributed by atoms with Crippen molar-refractivity contribution in [2.75, 3.05) is 26.0 Å². The van der Waals surface area contributed by atoms with Crippen molar-refractivity contribution in [1.82, 2.24) is 15.0 Å². The number of hydrogen-bond donors (Lipinski definition) is 1. The average Bonchev–Trinajstić information content (AvgIpc) is 3.24. The van der Waals surface area contributed by atoms with Crippen molar-refractivity contribution in [3.05, 3.63) is 47.7 Å². The summed E-state index contributed by atoms with van der Waals surface area (Å²) < 4.78 is 4.98. The minimum atomic E-state index is -0.495. The topological polar surface area (TPSA) is 78.7 Å². The molecule has 0 bridgehead atoms. The highest BCUT2D eigenvalue weighted by Gasteiger charge is 2.38. The Morgan fingerprint density at radius 2 is 2.04 bits per heavy atom. The van der Waals surface area contributed by atoms with Gasteiger partial charge in [-0.3, -0.25) is 14.5 Å². The van der Waals surface area contributed by atoms with Gasteiger partial charge in [0.15, 0.2) is 5.82 Å². The quantitative estimate of drug-likeness (QED) is 0.889. The first kappa shape index (κ1) is 18.1. The molecule has 0 saturated carbocycles. The van der Waals surface area contributed by atoms with Crippen LogP contribution in [0.1, 0.15) is 30.2 Å². The number of carbonyl (C=O) groups is 2. The molecule has 2 atom stereocenters. The lowest BCUT2D eigenvalue weighted by molar-refractivity contribution is -0.140. The summed E-state index contributed by atoms with van der Waals surface area (Å²) in [5.74, 6) is 0.709. The molecule has 2 amide bonds. The van der Waals surface area contributed by atoms with Crippen LogP contribution in [0.15, 0.2) is 40.9 Å². The minimum Gasteiger partial charge on any atom is -0.360 e. The van der Waals surface area contributed by atoms with Crippen LogP contribution in [0, 0.1) is 6.92 Å². The number of rotatable bonds is 5. The summed E-state index contributed by atoms with van der Waals surface area (Å²) in [7, 11) is 3.75. The van der Waals surface area contributed by atoms with Crippen LogP contribution in [-0.4, -0.2) is 53.5 Å². The molecule has 2 unspecified atom stereocenters. The van der Waals surface area contributed by atoms with E-state index in [4.69, 9.17) is 4.52 Å². The summed E-state index contributed by atoms with van der Waals surface area (Å²) in [5.41, 5.74) is 0.917. The second-order valence-electron chi connectivity index (χ2n) is 6.78. The predicted octanol–water partition coefficient (Wildman–Crippen LogP) is 2.22. The SMILES string of the molecule is Cc1cc(NC(=O)C2CCCN2C(=O)C(c2ccccc2)N(C)C)no1. The number of nitrogens with zero attached hydrogens (tertiary/aromatic N) is 3. The van der Waals surface area contributed by atoms with E-state index in [-0.39, 0.29) is 11.8 Å². The van der Waals surface area contributed by atoms with E-state index in [1.165, 1.54) is 0 Å². The Morgan fingerprint density at radius 1 is 1.31 bits per heavy atom. The van der Waals surface area contributed by atoms with Crippen molar-refractivity contribution in [2.24, 2.45) is 0 Å². The molecule has 7 heteroatoms. The maximum Gasteiger partial charge on any atom is 0.248 e. The highest BCUT2D eigenvalue weighted by atomic mass is 16.5. The highest BCUT2D eigenvalue weighted by molar-refractivity contribution is 5.97. The van der Waals surface area contributed by atoms with Gasteiger partial charge in [0.25, 0.3) is 0 Å². The zero-order valence-electron chi connectivity index (χ0n) is 15.3. The molecule has 1 aliphatic rings. The monoisotopic (exact) mass is 356 g/mol. The molecule has 0 spiro atoms. The first-order valence-electron chi connectivity index (χ1n) is 8.73. The van der Waals surface area contributed by atoms with Gasteiger partial charge in [0.2, 0.25) is 11.8 Å². The molecule has 3 rings (SSSR count). The molecule has 138 valence electrons. The van der Waals surface area contributed by atoms with Crippen molar-refractivity contribution in [1.29, 1.82) is 0 Å². The fraction of sp³-hybridized carbons (Fsp3) is 0.421. The molecule has 0 radical (unpaired) electrons. The summed E-state index contributed by atoms with van der Waals surface area (Å²) in [6, 6.07) is 10.4. The Morgan fingerprint density at radius 3 is 2.65 bits per heavy atom. The van der Waals surface area contributed by atoms with E-state index in [0.717, 1.165) is 12.0 Å². The Hall–Kier alpha value is -2.67. The van der Waals surface area contributed by atoms with Crippen LogP contribution in [0.25, 0.3) is 0 Å². The van der Waals surface area contributed by atoms with E-state index >= 15 is 0 Å². The fourth-order valence-corrected chi connectivity index (χ4v) is 3.39. The number of amides is 2. The summed E-state index contributed by atoms with van der Waals surface area (Å²) in [6.45, 7) is 2.33. The number of aryl methyl sites for hydroxylation is 1. The number of aromatic nitrogens is 1. The fourth-order valence-electron chi connectivity index (χ4n) is 3.39. The third kappa shape index (κ3) is 3.77. The van der Waals surface area contributed by atoms with E-state index in [9.17, 15) is 9.59 Å². The van der Waals surface area contributed by atoms with E-state index in [1.807, 2.05) is 49.3 Å². The molecule has 26 heavy (non-hydrogen) atoms. The molecule has 1 saturated heterocycles. The second kappa shape index (κ2) is 7.70. The van der Waals surface area contributed by atoms with Gasteiger partial charge in [-0.2, -0.15) is 0 Å². The van der Waals surface area contributed by atoms with Gasteiger partial charge in [0, 0.05) is 12.6 Å². The summed E-state index contributed by atoms with van der Waals surface area (Å²) in [4.78, 5) is 29.5. The van der Waals surface area contributed by atoms with Crippen molar-refractivity contribution >= 4 is 17.6 Å². The average molecular weight is 356 g/mol. The largest absolute Gasteiger partial charge is 0.360 e. The molecule has 1 N–H and O–H groups in total. The molecule has 2 aromatic rings. The maximum absolute atomic E-state index is 13.2. The number of likely N-dealkylation sites (N-methyl/N-ethyl adjacent to an activating group) is 1. The van der Waals surface area contributed by atoms with Crippen LogP contribution in [0.2, 0.25) is 0 Å². The number of nitrogens with one attached hydrogen (secondary N) is 1. The Kier molecular flexibility index (Phi) is 5.37. The van der Waals surface area contributed by atoms with Crippen LogP contribution in [0.4, 0.5) is 5.82 Å². The normalized spacial score (nSPS) is 18.2. The summed E-state index contributed by atoms with van der Waals surface area (Å²) in [5, 5.41) is 6.54. The zero-order chi connectivity index (χ0) is 18.7. The zero-order valence-corrected chi connectivity index (χ0v) is 15.3. The minimum absolute atomic E-state index is 0.0600. The summed E-state index contributed by atoms with van der Waals surface area (Å²) in [6.07, 6.45) is 1.44. The molecule has 1 aromatic heterocycles. The lowest BCUT2D eigenvalue weighted by Gasteiger charge is -2.31. The number of carbonyl (C=O) groups excluding carboxylic acids is 2. The molecule has 2 heterocycles. The molecule has 1 aliphatic heterocycles. The molecule has 7 nitrogen and oxygen atoms in total. The van der Waals surface area contributed by atoms with Gasteiger partial charge < -0.3 is 14.7 Å². The van der Waals surface area contributed by atoms with Crippen LogP contribution in [-0.2, 0) is 9.59 Å². The van der Waals surface area contributed by atoms with Gasteiger partial charge >= 0.3 is 0 Å². The van der Waals surface area contributed by atoms with Gasteiger partial charge in [0.1, 0.15) is 17.8 Å². The van der Waals surface area contributed by atoms with Gasteiger partial charge in [-0.25, -0.2) is 0 Å². The molecular weight excluding hydrogens is 332 g/mol. The van der Waals surface area contributed by atoms with Crippen LogP contribution >= 0.6 is 0 Å². The lowest BCUT2D eigenvalue weighted by atomic mass is 10.0. The van der Waals surface area contributed by atoms with E-state index in [2.05, 4.69) is 10.5 Å². The molecule has 1 fully saturated rings. The van der Waals surface area contributed by atoms with Gasteiger partial charge in [-0.1, -0.05) is 35.5 Å². The lowest BCUT2D eigenvalue weighted by Crippen LogP contribution is -2.47. The van der Waals surface area contributed by atoms with Crippen LogP contribution in [0.5, 0.6) is 0 Å². The number of anilines is 1. The Labute approximate surface area is 152 Å². The second-order valence-corrected chi connectivity index (χ2v) is 6.78. The van der Waals surface area contributed by atoms with Crippen LogP contribution in [0.3, 0.4) is 0 Å². The first-order chi connectivity index (χ1) is 12.5. The smallest absolute Gasteiger partial charge is 0.248 e. The molecule has 0 aliphatic carbocycles. The van der Waals surface area contributed by atoms with Gasteiger partial charge in [0.05, 0.1) is 0 Å². The van der Waals surface area contributed by atoms with Crippen molar-refractivity contribution in [2.45, 2.75) is 31.8 Å². The Balaban J connectivity index is 1.77. The molecular formula is C19H24N4O3. The number of benzene rings is 1. The number of hydrogen-bond acceptors (Lipinski definition) is 5. The van der Waals surface area contributed by atoms with Crippen molar-refractivity contribution < 1.29 is 14.1 Å². The van der Waals surface area contributed by atoms with Gasteiger partial charge in [-0.15, -0.1) is 0 Å². The summed E-state index contributed by atoms with van der Waals surface area (Å²) >= 11 is 0. The Bertz CT molecular complexity index is 772. The predicted molar refractivity (Wildman–Crippen MR) is 97.5 cm³/mol. The third-order valence-electron chi connectivity index (χ3n) is 4.58. The van der Waals surface area contributed by atoms with E-state index in [0.29, 0.717) is 24.5 Å².